The van der Waals surface area contributed by atoms with E-state index in [-0.39, 0.29) is 17.9 Å². The molecule has 0 aliphatic heterocycles. The normalized spacial score (nSPS) is 15.8. The second-order valence-corrected chi connectivity index (χ2v) is 7.91. The Morgan fingerprint density at radius 1 is 1.10 bits per heavy atom. The number of carbonyl (C=O) groups excluding carboxylic acids is 1. The van der Waals surface area contributed by atoms with Gasteiger partial charge in [0.15, 0.2) is 0 Å². The van der Waals surface area contributed by atoms with E-state index in [0.29, 0.717) is 18.1 Å². The van der Waals surface area contributed by atoms with E-state index in [2.05, 4.69) is 27.6 Å². The van der Waals surface area contributed by atoms with E-state index in [4.69, 9.17) is 4.52 Å². The molecule has 150 valence electrons. The van der Waals surface area contributed by atoms with Crippen molar-refractivity contribution in [1.29, 1.82) is 0 Å². The zero-order valence-corrected chi connectivity index (χ0v) is 16.8. The number of nitrogens with one attached hydrogen (secondary N) is 1. The first kappa shape index (κ1) is 19.4. The van der Waals surface area contributed by atoms with Crippen LogP contribution in [0.3, 0.4) is 0 Å². The lowest BCUT2D eigenvalue weighted by Gasteiger charge is -2.23. The molecule has 1 unspecified atom stereocenters. The van der Waals surface area contributed by atoms with Gasteiger partial charge < -0.3 is 9.84 Å². The van der Waals surface area contributed by atoms with Crippen molar-refractivity contribution in [3.05, 3.63) is 71.6 Å². The van der Waals surface area contributed by atoms with Gasteiger partial charge in [-0.15, -0.1) is 0 Å². The quantitative estimate of drug-likeness (QED) is 0.642. The van der Waals surface area contributed by atoms with Gasteiger partial charge in [0.25, 0.3) is 0 Å². The number of nitrogens with zero attached hydrogens (tertiary/aromatic N) is 2. The Morgan fingerprint density at radius 3 is 2.66 bits per heavy atom. The Hall–Kier alpha value is -2.95. The van der Waals surface area contributed by atoms with E-state index in [1.807, 2.05) is 49.4 Å². The Bertz CT molecular complexity index is 946. The zero-order valence-electron chi connectivity index (χ0n) is 16.8. The maximum Gasteiger partial charge on any atom is 0.249 e. The van der Waals surface area contributed by atoms with Crippen LogP contribution in [0.4, 0.5) is 0 Å². The zero-order chi connectivity index (χ0) is 20.1. The first-order valence-corrected chi connectivity index (χ1v) is 10.4. The molecule has 1 fully saturated rings. The number of hydrogen-bond donors (Lipinski definition) is 1. The molecule has 0 spiro atoms. The van der Waals surface area contributed by atoms with Gasteiger partial charge in [0.1, 0.15) is 6.04 Å². The second-order valence-electron chi connectivity index (χ2n) is 7.91. The van der Waals surface area contributed by atoms with Crippen molar-refractivity contribution in [2.24, 2.45) is 5.92 Å². The Labute approximate surface area is 171 Å². The Balaban J connectivity index is 1.57. The first-order chi connectivity index (χ1) is 14.2. The summed E-state index contributed by atoms with van der Waals surface area (Å²) in [6.45, 7) is 2.03. The van der Waals surface area contributed by atoms with Gasteiger partial charge in [-0.1, -0.05) is 78.5 Å². The molecule has 4 rings (SSSR count). The summed E-state index contributed by atoms with van der Waals surface area (Å²) in [6.07, 6.45) is 6.01. The highest BCUT2D eigenvalue weighted by molar-refractivity contribution is 5.79. The van der Waals surface area contributed by atoms with Crippen LogP contribution in [0.2, 0.25) is 0 Å². The van der Waals surface area contributed by atoms with Crippen LogP contribution in [0.5, 0.6) is 0 Å². The summed E-state index contributed by atoms with van der Waals surface area (Å²) in [4.78, 5) is 17.5. The number of carbonyl (C=O) groups is 1. The highest BCUT2D eigenvalue weighted by Crippen LogP contribution is 2.26. The summed E-state index contributed by atoms with van der Waals surface area (Å²) < 4.78 is 5.61. The van der Waals surface area contributed by atoms with Crippen molar-refractivity contribution >= 4 is 5.91 Å². The Kier molecular flexibility index (Phi) is 6.03. The SMILES string of the molecule is Cc1cccc(-c2noc(C(Cc3ccccc3)NC(=O)C3CCCCC3)n2)c1. The molecule has 0 bridgehead atoms. The van der Waals surface area contributed by atoms with E-state index in [1.165, 1.54) is 6.42 Å². The molecule has 0 saturated heterocycles. The maximum atomic E-state index is 12.9. The molecule has 5 heteroatoms. The molecule has 0 radical (unpaired) electrons. The van der Waals surface area contributed by atoms with Crippen LogP contribution in [0.15, 0.2) is 59.1 Å². The number of aryl methyl sites for hydroxylation is 1. The lowest BCUT2D eigenvalue weighted by Crippen LogP contribution is -2.36. The van der Waals surface area contributed by atoms with Crippen LogP contribution in [0.25, 0.3) is 11.4 Å². The van der Waals surface area contributed by atoms with Crippen LogP contribution >= 0.6 is 0 Å². The lowest BCUT2D eigenvalue weighted by atomic mass is 9.88. The third-order valence-corrected chi connectivity index (χ3v) is 5.59. The van der Waals surface area contributed by atoms with Crippen LogP contribution in [0, 0.1) is 12.8 Å². The first-order valence-electron chi connectivity index (χ1n) is 10.4. The van der Waals surface area contributed by atoms with Gasteiger partial charge in [-0.05, 0) is 31.4 Å². The van der Waals surface area contributed by atoms with Crippen molar-refractivity contribution in [3.8, 4) is 11.4 Å². The molecule has 1 amide bonds. The van der Waals surface area contributed by atoms with Crippen molar-refractivity contribution in [2.75, 3.05) is 0 Å². The second kappa shape index (κ2) is 9.03. The summed E-state index contributed by atoms with van der Waals surface area (Å²) in [5, 5.41) is 7.36. The fourth-order valence-electron chi connectivity index (χ4n) is 3.98. The van der Waals surface area contributed by atoms with Gasteiger partial charge in [0, 0.05) is 17.9 Å². The van der Waals surface area contributed by atoms with E-state index < -0.39 is 0 Å². The molecule has 2 aromatic carbocycles. The summed E-state index contributed by atoms with van der Waals surface area (Å²) in [6, 6.07) is 17.8. The molecule has 1 aliphatic rings. The van der Waals surface area contributed by atoms with Crippen molar-refractivity contribution in [2.45, 2.75) is 51.5 Å². The minimum Gasteiger partial charge on any atom is -0.344 e. The standard InChI is InChI=1S/C24H27N3O2/c1-17-9-8-14-20(15-17)22-26-24(29-27-22)21(16-18-10-4-2-5-11-18)25-23(28)19-12-6-3-7-13-19/h2,4-5,8-11,14-15,19,21H,3,6-7,12-13,16H2,1H3,(H,25,28). The molecule has 5 nitrogen and oxygen atoms in total. The molecule has 3 aromatic rings. The van der Waals surface area contributed by atoms with Crippen molar-refractivity contribution < 1.29 is 9.32 Å². The third kappa shape index (κ3) is 4.91. The average Bonchev–Trinajstić information content (AvgIpc) is 3.25. The Morgan fingerprint density at radius 2 is 1.90 bits per heavy atom. The summed E-state index contributed by atoms with van der Waals surface area (Å²) in [7, 11) is 0. The number of hydrogen-bond acceptors (Lipinski definition) is 4. The number of aromatic nitrogens is 2. The largest absolute Gasteiger partial charge is 0.344 e. The van der Waals surface area contributed by atoms with Crippen molar-refractivity contribution in [1.82, 2.24) is 15.5 Å². The van der Waals surface area contributed by atoms with Crippen LogP contribution < -0.4 is 5.32 Å². The number of benzene rings is 2. The maximum absolute atomic E-state index is 12.9. The van der Waals surface area contributed by atoms with E-state index in [0.717, 1.165) is 42.4 Å². The smallest absolute Gasteiger partial charge is 0.249 e. The molecule has 1 atom stereocenters. The number of rotatable bonds is 6. The predicted molar refractivity (Wildman–Crippen MR) is 112 cm³/mol. The van der Waals surface area contributed by atoms with Crippen molar-refractivity contribution in [3.63, 3.8) is 0 Å². The highest BCUT2D eigenvalue weighted by atomic mass is 16.5. The number of amides is 1. The molecule has 1 aliphatic carbocycles. The monoisotopic (exact) mass is 389 g/mol. The van der Waals surface area contributed by atoms with E-state index in [1.54, 1.807) is 0 Å². The van der Waals surface area contributed by atoms with Gasteiger partial charge in [-0.2, -0.15) is 4.98 Å². The van der Waals surface area contributed by atoms with Crippen LogP contribution in [0.1, 0.15) is 55.2 Å². The van der Waals surface area contributed by atoms with Gasteiger partial charge in [-0.25, -0.2) is 0 Å². The molecule has 29 heavy (non-hydrogen) atoms. The average molecular weight is 389 g/mol. The summed E-state index contributed by atoms with van der Waals surface area (Å²) in [5.74, 6) is 1.19. The summed E-state index contributed by atoms with van der Waals surface area (Å²) >= 11 is 0. The van der Waals surface area contributed by atoms with E-state index in [9.17, 15) is 4.79 Å². The molecule has 1 saturated carbocycles. The van der Waals surface area contributed by atoms with Gasteiger partial charge >= 0.3 is 0 Å². The van der Waals surface area contributed by atoms with Crippen LogP contribution in [-0.2, 0) is 11.2 Å². The topological polar surface area (TPSA) is 68.0 Å². The molecule has 1 heterocycles. The summed E-state index contributed by atoms with van der Waals surface area (Å²) in [5.41, 5.74) is 3.18. The minimum atomic E-state index is -0.335. The third-order valence-electron chi connectivity index (χ3n) is 5.59. The lowest BCUT2D eigenvalue weighted by molar-refractivity contribution is -0.126. The molecular formula is C24H27N3O2. The molecule has 1 aromatic heterocycles. The van der Waals surface area contributed by atoms with Gasteiger partial charge in [0.05, 0.1) is 0 Å². The predicted octanol–water partition coefficient (Wildman–Crippen LogP) is 5.03. The fourth-order valence-corrected chi connectivity index (χ4v) is 3.98. The minimum absolute atomic E-state index is 0.0844. The molecule has 1 N–H and O–H groups in total. The van der Waals surface area contributed by atoms with Gasteiger partial charge in [-0.3, -0.25) is 4.79 Å². The van der Waals surface area contributed by atoms with Gasteiger partial charge in [0.2, 0.25) is 17.6 Å². The highest BCUT2D eigenvalue weighted by Gasteiger charge is 2.27. The molecular weight excluding hydrogens is 362 g/mol. The fraction of sp³-hybridized carbons (Fsp3) is 0.375. The van der Waals surface area contributed by atoms with Crippen LogP contribution in [-0.4, -0.2) is 16.0 Å². The van der Waals surface area contributed by atoms with E-state index >= 15 is 0 Å².